The Hall–Kier alpha value is -2.29. The summed E-state index contributed by atoms with van der Waals surface area (Å²) in [5.74, 6) is -0.553. The molecule has 2 aliphatic rings. The van der Waals surface area contributed by atoms with E-state index < -0.39 is 11.4 Å². The van der Waals surface area contributed by atoms with Gasteiger partial charge < -0.3 is 29.5 Å². The predicted octanol–water partition coefficient (Wildman–Crippen LogP) is 6.50. The Morgan fingerprint density at radius 2 is 1.23 bits per heavy atom. The summed E-state index contributed by atoms with van der Waals surface area (Å²) in [5, 5.41) is 3.08. The number of halogens is 5. The Morgan fingerprint density at radius 3 is 1.65 bits per heavy atom. The van der Waals surface area contributed by atoms with Crippen molar-refractivity contribution in [3.63, 3.8) is 0 Å². The number of rotatable bonds is 1. The standard InChI is InChI=1S/C14H19BrFN3O2.C9H18N2O2.C5H2BrClFN/c1-14(2,3)21-13(20)19-6-4-18(5-7-19)12-11(16)8-10(15)9-17-12;1-9(2,3)13-8(12)11-6-4-10-5-7-11;6-3-1-4(8)5(7)9-2-3/h8-9H,4-7H2,1-3H3;10H,4-7H2,1-3H3;1-2H. The third kappa shape index (κ3) is 13.9. The predicted molar refractivity (Wildman–Crippen MR) is 169 cm³/mol. The van der Waals surface area contributed by atoms with Gasteiger partial charge in [0, 0.05) is 73.7 Å². The van der Waals surface area contributed by atoms with Crippen LogP contribution >= 0.6 is 43.5 Å². The van der Waals surface area contributed by atoms with Gasteiger partial charge in [0.1, 0.15) is 11.2 Å². The van der Waals surface area contributed by atoms with Crippen LogP contribution in [-0.4, -0.2) is 95.5 Å². The molecule has 0 aromatic carbocycles. The molecular weight excluding hydrogens is 718 g/mol. The summed E-state index contributed by atoms with van der Waals surface area (Å²) in [6, 6.07) is 2.65. The van der Waals surface area contributed by atoms with Gasteiger partial charge in [0.25, 0.3) is 0 Å². The van der Waals surface area contributed by atoms with Crippen LogP contribution in [0.1, 0.15) is 41.5 Å². The maximum atomic E-state index is 13.9. The van der Waals surface area contributed by atoms with Crippen molar-refractivity contribution in [2.75, 3.05) is 57.3 Å². The molecule has 4 rings (SSSR count). The molecule has 2 amide bonds. The van der Waals surface area contributed by atoms with Crippen LogP contribution in [0.4, 0.5) is 24.2 Å². The number of piperazine rings is 2. The smallest absolute Gasteiger partial charge is 0.410 e. The molecule has 2 aromatic heterocycles. The molecule has 0 saturated carbocycles. The lowest BCUT2D eigenvalue weighted by atomic mass is 10.2. The van der Waals surface area contributed by atoms with Crippen molar-refractivity contribution < 1.29 is 27.8 Å². The maximum absolute atomic E-state index is 13.9. The van der Waals surface area contributed by atoms with Crippen molar-refractivity contribution in [1.82, 2.24) is 25.1 Å². The molecule has 15 heteroatoms. The van der Waals surface area contributed by atoms with Gasteiger partial charge in [-0.15, -0.1) is 0 Å². The number of nitrogens with zero attached hydrogens (tertiary/aromatic N) is 5. The van der Waals surface area contributed by atoms with Gasteiger partial charge in [-0.05, 0) is 85.5 Å². The van der Waals surface area contributed by atoms with E-state index in [4.69, 9.17) is 21.1 Å². The Bertz CT molecular complexity index is 1220. The van der Waals surface area contributed by atoms with Crippen molar-refractivity contribution in [2.45, 2.75) is 52.7 Å². The van der Waals surface area contributed by atoms with Gasteiger partial charge >= 0.3 is 12.2 Å². The van der Waals surface area contributed by atoms with E-state index in [1.807, 2.05) is 46.4 Å². The van der Waals surface area contributed by atoms with Gasteiger partial charge in [-0.3, -0.25) is 0 Å². The highest BCUT2D eigenvalue weighted by Crippen LogP contribution is 2.22. The van der Waals surface area contributed by atoms with E-state index >= 15 is 0 Å². The van der Waals surface area contributed by atoms with Crippen LogP contribution in [0.5, 0.6) is 0 Å². The summed E-state index contributed by atoms with van der Waals surface area (Å²) in [5.41, 5.74) is -0.893. The number of aromatic nitrogens is 2. The lowest BCUT2D eigenvalue weighted by molar-refractivity contribution is 0.0223. The van der Waals surface area contributed by atoms with E-state index in [-0.39, 0.29) is 28.8 Å². The lowest BCUT2D eigenvalue weighted by Crippen LogP contribution is -2.50. The summed E-state index contributed by atoms with van der Waals surface area (Å²) in [4.78, 5) is 36.3. The Morgan fingerprint density at radius 1 is 0.791 bits per heavy atom. The molecule has 2 saturated heterocycles. The molecule has 0 unspecified atom stereocenters. The molecule has 0 radical (unpaired) electrons. The molecule has 0 atom stereocenters. The zero-order valence-corrected chi connectivity index (χ0v) is 29.2. The number of nitrogens with one attached hydrogen (secondary N) is 1. The van der Waals surface area contributed by atoms with Gasteiger partial charge in [-0.2, -0.15) is 0 Å². The minimum atomic E-state index is -0.508. The van der Waals surface area contributed by atoms with Gasteiger partial charge in [0.15, 0.2) is 22.6 Å². The summed E-state index contributed by atoms with van der Waals surface area (Å²) in [6.07, 6.45) is 2.48. The third-order valence-electron chi connectivity index (χ3n) is 5.55. The van der Waals surface area contributed by atoms with E-state index in [9.17, 15) is 18.4 Å². The topological polar surface area (TPSA) is 100 Å². The van der Waals surface area contributed by atoms with Crippen LogP contribution < -0.4 is 10.2 Å². The molecule has 0 aliphatic carbocycles. The first-order chi connectivity index (χ1) is 19.9. The van der Waals surface area contributed by atoms with Crippen LogP contribution in [0.25, 0.3) is 0 Å². The highest BCUT2D eigenvalue weighted by atomic mass is 79.9. The highest BCUT2D eigenvalue weighted by molar-refractivity contribution is 9.10. The minimum absolute atomic E-state index is 0.0989. The zero-order chi connectivity index (χ0) is 32.4. The largest absolute Gasteiger partial charge is 0.444 e. The zero-order valence-electron chi connectivity index (χ0n) is 25.2. The molecule has 0 bridgehead atoms. The molecule has 2 fully saturated rings. The molecule has 2 aliphatic heterocycles. The highest BCUT2D eigenvalue weighted by Gasteiger charge is 2.27. The third-order valence-corrected chi connectivity index (χ3v) is 6.70. The van der Waals surface area contributed by atoms with Gasteiger partial charge in [0.05, 0.1) is 0 Å². The van der Waals surface area contributed by atoms with Gasteiger partial charge in [-0.1, -0.05) is 11.6 Å². The summed E-state index contributed by atoms with van der Waals surface area (Å²) < 4.78 is 38.0. The van der Waals surface area contributed by atoms with Crippen molar-refractivity contribution in [3.05, 3.63) is 50.3 Å². The van der Waals surface area contributed by atoms with E-state index in [1.165, 1.54) is 18.3 Å². The fourth-order valence-corrected chi connectivity index (χ4v) is 4.35. The first kappa shape index (κ1) is 36.9. The van der Waals surface area contributed by atoms with Gasteiger partial charge in [0.2, 0.25) is 0 Å². The summed E-state index contributed by atoms with van der Waals surface area (Å²) in [6.45, 7) is 16.4. The summed E-state index contributed by atoms with van der Waals surface area (Å²) in [7, 11) is 0. The van der Waals surface area contributed by atoms with Crippen LogP contribution in [0.15, 0.2) is 33.5 Å². The second-order valence-electron chi connectivity index (χ2n) is 11.6. The second kappa shape index (κ2) is 16.7. The van der Waals surface area contributed by atoms with Crippen LogP contribution in [-0.2, 0) is 9.47 Å². The van der Waals surface area contributed by atoms with Crippen LogP contribution in [0.3, 0.4) is 0 Å². The van der Waals surface area contributed by atoms with Crippen molar-refractivity contribution in [1.29, 1.82) is 0 Å². The molecule has 0 spiro atoms. The average molecular weight is 757 g/mol. The number of anilines is 1. The quantitative estimate of drug-likeness (QED) is 0.330. The lowest BCUT2D eigenvalue weighted by Gasteiger charge is -2.36. The average Bonchev–Trinajstić information content (AvgIpc) is 2.90. The van der Waals surface area contributed by atoms with Crippen LogP contribution in [0, 0.1) is 11.6 Å². The summed E-state index contributed by atoms with van der Waals surface area (Å²) >= 11 is 11.5. The SMILES string of the molecule is CC(C)(C)OC(=O)N1CCN(c2ncc(Br)cc2F)CC1.CC(C)(C)OC(=O)N1CCNCC1.Fc1cc(Br)cnc1Cl. The Labute approximate surface area is 273 Å². The van der Waals surface area contributed by atoms with E-state index in [0.717, 1.165) is 26.2 Å². The fourth-order valence-electron chi connectivity index (χ4n) is 3.64. The van der Waals surface area contributed by atoms with E-state index in [2.05, 4.69) is 47.1 Å². The maximum Gasteiger partial charge on any atom is 0.410 e. The molecule has 240 valence electrons. The molecule has 43 heavy (non-hydrogen) atoms. The van der Waals surface area contributed by atoms with Crippen molar-refractivity contribution >= 4 is 61.5 Å². The fraction of sp³-hybridized carbons (Fsp3) is 0.571. The van der Waals surface area contributed by atoms with Gasteiger partial charge in [-0.25, -0.2) is 28.3 Å². The van der Waals surface area contributed by atoms with E-state index in [1.54, 1.807) is 16.0 Å². The van der Waals surface area contributed by atoms with Crippen molar-refractivity contribution in [2.24, 2.45) is 0 Å². The number of ether oxygens (including phenoxy) is 2. The Balaban J connectivity index is 0.000000249. The molecule has 1 N–H and O–H groups in total. The first-order valence-electron chi connectivity index (χ1n) is 13.6. The van der Waals surface area contributed by atoms with Crippen LogP contribution in [0.2, 0.25) is 5.15 Å². The first-order valence-corrected chi connectivity index (χ1v) is 15.6. The number of amides is 2. The molecule has 10 nitrogen and oxygen atoms in total. The monoisotopic (exact) mass is 754 g/mol. The minimum Gasteiger partial charge on any atom is -0.444 e. The number of carbonyl (C=O) groups excluding carboxylic acids is 2. The molecule has 2 aromatic rings. The van der Waals surface area contributed by atoms with E-state index in [0.29, 0.717) is 40.9 Å². The van der Waals surface area contributed by atoms with Crippen molar-refractivity contribution in [3.8, 4) is 0 Å². The molecule has 4 heterocycles. The normalized spacial score (nSPS) is 15.5. The number of carbonyl (C=O) groups is 2. The number of pyridine rings is 2. The number of hydrogen-bond donors (Lipinski definition) is 1. The molecular formula is C28H39Br2ClF2N6O4. The second-order valence-corrected chi connectivity index (χ2v) is 13.7. The number of hydrogen-bond acceptors (Lipinski definition) is 8. The Kier molecular flexibility index (Phi) is 14.3.